The summed E-state index contributed by atoms with van der Waals surface area (Å²) in [6.07, 6.45) is 6.43. The Morgan fingerprint density at radius 2 is 1.84 bits per heavy atom. The van der Waals surface area contributed by atoms with Gasteiger partial charge in [0.15, 0.2) is 11.6 Å². The fourth-order valence-electron chi connectivity index (χ4n) is 2.25. The quantitative estimate of drug-likeness (QED) is 0.624. The fraction of sp³-hybridized carbons (Fsp3) is 0.625. The Bertz CT molecular complexity index is 366. The highest BCUT2D eigenvalue weighted by Crippen LogP contribution is 2.24. The number of unbranched alkanes of at least 4 members (excludes halogenated alkanes) is 3. The van der Waals surface area contributed by atoms with E-state index >= 15 is 0 Å². The van der Waals surface area contributed by atoms with Crippen LogP contribution in [0, 0.1) is 11.6 Å². The van der Waals surface area contributed by atoms with E-state index in [0.29, 0.717) is 5.56 Å². The van der Waals surface area contributed by atoms with E-state index in [1.54, 1.807) is 12.1 Å². The molecule has 19 heavy (non-hydrogen) atoms. The van der Waals surface area contributed by atoms with Crippen LogP contribution in [-0.2, 0) is 0 Å². The van der Waals surface area contributed by atoms with Gasteiger partial charge in [0.2, 0.25) is 0 Å². The second-order valence-corrected chi connectivity index (χ2v) is 5.00. The van der Waals surface area contributed by atoms with Crippen molar-refractivity contribution >= 4 is 0 Å². The topological polar surface area (TPSA) is 12.0 Å². The van der Waals surface area contributed by atoms with Gasteiger partial charge in [-0.3, -0.25) is 0 Å². The monoisotopic (exact) mass is 269 g/mol. The smallest absolute Gasteiger partial charge is 0.163 e. The fourth-order valence-corrected chi connectivity index (χ4v) is 2.25. The summed E-state index contributed by atoms with van der Waals surface area (Å²) in [5, 5.41) is 3.32. The van der Waals surface area contributed by atoms with Gasteiger partial charge in [-0.1, -0.05) is 51.7 Å². The molecule has 0 fully saturated rings. The zero-order chi connectivity index (χ0) is 14.1. The second kappa shape index (κ2) is 9.03. The highest BCUT2D eigenvalue weighted by atomic mass is 19.2. The average molecular weight is 269 g/mol. The molecule has 0 radical (unpaired) electrons. The van der Waals surface area contributed by atoms with Gasteiger partial charge in [-0.25, -0.2) is 8.78 Å². The van der Waals surface area contributed by atoms with Crippen LogP contribution in [0.1, 0.15) is 64.0 Å². The van der Waals surface area contributed by atoms with E-state index in [1.165, 1.54) is 18.9 Å². The summed E-state index contributed by atoms with van der Waals surface area (Å²) in [4.78, 5) is 0. The molecule has 1 unspecified atom stereocenters. The van der Waals surface area contributed by atoms with Crippen LogP contribution in [0.3, 0.4) is 0 Å². The molecular weight excluding hydrogens is 244 g/mol. The Morgan fingerprint density at radius 3 is 2.53 bits per heavy atom. The molecule has 1 rings (SSSR count). The van der Waals surface area contributed by atoms with E-state index in [4.69, 9.17) is 0 Å². The van der Waals surface area contributed by atoms with E-state index in [1.807, 2.05) is 0 Å². The first-order valence-electron chi connectivity index (χ1n) is 7.38. The van der Waals surface area contributed by atoms with Crippen molar-refractivity contribution in [3.05, 3.63) is 35.4 Å². The minimum absolute atomic E-state index is 0.0764. The first-order valence-corrected chi connectivity index (χ1v) is 7.38. The van der Waals surface area contributed by atoms with Crippen molar-refractivity contribution in [2.24, 2.45) is 0 Å². The van der Waals surface area contributed by atoms with Crippen LogP contribution in [0.2, 0.25) is 0 Å². The predicted molar refractivity (Wildman–Crippen MR) is 76.2 cm³/mol. The minimum atomic E-state index is -0.755. The van der Waals surface area contributed by atoms with Crippen molar-refractivity contribution in [2.45, 2.75) is 58.4 Å². The molecule has 1 nitrogen and oxygen atoms in total. The van der Waals surface area contributed by atoms with Crippen LogP contribution in [-0.4, -0.2) is 6.54 Å². The summed E-state index contributed by atoms with van der Waals surface area (Å²) in [7, 11) is 0. The van der Waals surface area contributed by atoms with Crippen molar-refractivity contribution in [1.82, 2.24) is 5.32 Å². The molecule has 0 spiro atoms. The van der Waals surface area contributed by atoms with E-state index < -0.39 is 11.6 Å². The van der Waals surface area contributed by atoms with Gasteiger partial charge in [-0.15, -0.1) is 0 Å². The van der Waals surface area contributed by atoms with Crippen molar-refractivity contribution in [3.63, 3.8) is 0 Å². The number of rotatable bonds is 9. The standard InChI is InChI=1S/C16H25F2N/c1-3-5-6-7-11-15(19-12-4-2)13-9-8-10-14(17)16(13)18/h8-10,15,19H,3-7,11-12H2,1-2H3. The molecule has 0 heterocycles. The molecule has 0 aromatic heterocycles. The molecule has 1 aromatic rings. The number of hydrogen-bond acceptors (Lipinski definition) is 1. The molecule has 0 saturated carbocycles. The van der Waals surface area contributed by atoms with E-state index in [0.717, 1.165) is 32.2 Å². The largest absolute Gasteiger partial charge is 0.310 e. The molecule has 0 bridgehead atoms. The number of halogens is 2. The molecule has 3 heteroatoms. The third-order valence-electron chi connectivity index (χ3n) is 3.34. The van der Waals surface area contributed by atoms with Gasteiger partial charge in [0.25, 0.3) is 0 Å². The van der Waals surface area contributed by atoms with Crippen molar-refractivity contribution in [2.75, 3.05) is 6.54 Å². The Kier molecular flexibility index (Phi) is 7.65. The normalized spacial score (nSPS) is 12.6. The van der Waals surface area contributed by atoms with Gasteiger partial charge in [0, 0.05) is 11.6 Å². The van der Waals surface area contributed by atoms with Crippen LogP contribution in [0.25, 0.3) is 0 Å². The Balaban J connectivity index is 2.69. The lowest BCUT2D eigenvalue weighted by Gasteiger charge is -2.19. The van der Waals surface area contributed by atoms with Crippen LogP contribution >= 0.6 is 0 Å². The summed E-state index contributed by atoms with van der Waals surface area (Å²) >= 11 is 0. The molecule has 1 aromatic carbocycles. The van der Waals surface area contributed by atoms with Crippen LogP contribution in [0.5, 0.6) is 0 Å². The Morgan fingerprint density at radius 1 is 1.05 bits per heavy atom. The Hall–Kier alpha value is -0.960. The number of nitrogens with one attached hydrogen (secondary N) is 1. The molecule has 0 aliphatic rings. The van der Waals surface area contributed by atoms with E-state index in [9.17, 15) is 8.78 Å². The van der Waals surface area contributed by atoms with Gasteiger partial charge in [-0.05, 0) is 25.5 Å². The average Bonchev–Trinajstić information content (AvgIpc) is 2.42. The maximum Gasteiger partial charge on any atom is 0.163 e. The van der Waals surface area contributed by atoms with Crippen molar-refractivity contribution in [3.8, 4) is 0 Å². The first-order chi connectivity index (χ1) is 9.20. The van der Waals surface area contributed by atoms with E-state index in [-0.39, 0.29) is 6.04 Å². The predicted octanol–water partition coefficient (Wildman–Crippen LogP) is 4.98. The first kappa shape index (κ1) is 16.1. The zero-order valence-electron chi connectivity index (χ0n) is 12.0. The number of benzene rings is 1. The van der Waals surface area contributed by atoms with Gasteiger partial charge in [0.1, 0.15) is 0 Å². The molecule has 0 amide bonds. The van der Waals surface area contributed by atoms with Crippen LogP contribution < -0.4 is 5.32 Å². The molecular formula is C16H25F2N. The van der Waals surface area contributed by atoms with Gasteiger partial charge in [0.05, 0.1) is 0 Å². The van der Waals surface area contributed by atoms with Crippen LogP contribution in [0.4, 0.5) is 8.78 Å². The maximum atomic E-state index is 13.8. The lowest BCUT2D eigenvalue weighted by Crippen LogP contribution is -2.23. The Labute approximate surface area is 115 Å². The summed E-state index contributed by atoms with van der Waals surface area (Å²) in [6.45, 7) is 5.07. The molecule has 0 aliphatic carbocycles. The summed E-state index contributed by atoms with van der Waals surface area (Å²) in [6, 6.07) is 4.37. The van der Waals surface area contributed by atoms with Crippen LogP contribution in [0.15, 0.2) is 18.2 Å². The number of hydrogen-bond donors (Lipinski definition) is 1. The highest BCUT2D eigenvalue weighted by molar-refractivity contribution is 5.22. The molecule has 0 saturated heterocycles. The minimum Gasteiger partial charge on any atom is -0.310 e. The zero-order valence-corrected chi connectivity index (χ0v) is 12.0. The van der Waals surface area contributed by atoms with E-state index in [2.05, 4.69) is 19.2 Å². The molecule has 1 atom stereocenters. The SMILES string of the molecule is CCCCCCC(NCCC)c1cccc(F)c1F. The van der Waals surface area contributed by atoms with Crippen molar-refractivity contribution in [1.29, 1.82) is 0 Å². The van der Waals surface area contributed by atoms with Gasteiger partial charge in [-0.2, -0.15) is 0 Å². The summed E-state index contributed by atoms with van der Waals surface area (Å²) in [5.74, 6) is -1.46. The third-order valence-corrected chi connectivity index (χ3v) is 3.34. The highest BCUT2D eigenvalue weighted by Gasteiger charge is 2.17. The lowest BCUT2D eigenvalue weighted by molar-refractivity contribution is 0.432. The summed E-state index contributed by atoms with van der Waals surface area (Å²) < 4.78 is 27.1. The molecule has 1 N–H and O–H groups in total. The molecule has 0 aliphatic heterocycles. The van der Waals surface area contributed by atoms with Gasteiger partial charge < -0.3 is 5.32 Å². The van der Waals surface area contributed by atoms with Gasteiger partial charge >= 0.3 is 0 Å². The second-order valence-electron chi connectivity index (χ2n) is 5.00. The molecule has 108 valence electrons. The third kappa shape index (κ3) is 5.27. The lowest BCUT2D eigenvalue weighted by atomic mass is 9.99. The maximum absolute atomic E-state index is 13.8. The van der Waals surface area contributed by atoms with Crippen molar-refractivity contribution < 1.29 is 8.78 Å². The summed E-state index contributed by atoms with van der Waals surface area (Å²) in [5.41, 5.74) is 0.463.